The topological polar surface area (TPSA) is 180 Å². The van der Waals surface area contributed by atoms with Crippen LogP contribution >= 0.6 is 0 Å². The summed E-state index contributed by atoms with van der Waals surface area (Å²) in [6, 6.07) is 16.1. The van der Waals surface area contributed by atoms with Crippen molar-refractivity contribution in [3.8, 4) is 5.75 Å². The van der Waals surface area contributed by atoms with Gasteiger partial charge in [0.1, 0.15) is 18.9 Å². The number of nitrogens with two attached hydrogens (primary N) is 1. The maximum atomic E-state index is 15.1. The predicted molar refractivity (Wildman–Crippen MR) is 177 cm³/mol. The Labute approximate surface area is 277 Å². The van der Waals surface area contributed by atoms with E-state index in [1.807, 2.05) is 0 Å². The van der Waals surface area contributed by atoms with Crippen molar-refractivity contribution in [2.75, 3.05) is 48.6 Å². The molecule has 1 unspecified atom stereocenters. The number of benzene rings is 3. The molecule has 48 heavy (non-hydrogen) atoms. The number of carbonyl (C=O) groups is 4. The normalized spacial score (nSPS) is 15.1. The largest absolute Gasteiger partial charge is 0.487 e. The first kappa shape index (κ1) is 35.6. The molecule has 1 aliphatic heterocycles. The van der Waals surface area contributed by atoms with Gasteiger partial charge >= 0.3 is 5.97 Å². The third-order valence-corrected chi connectivity index (χ3v) is 7.95. The van der Waals surface area contributed by atoms with Crippen LogP contribution in [0.5, 0.6) is 5.75 Å². The molecule has 0 radical (unpaired) electrons. The van der Waals surface area contributed by atoms with Gasteiger partial charge in [-0.2, -0.15) is 0 Å². The van der Waals surface area contributed by atoms with Gasteiger partial charge in [0.05, 0.1) is 23.2 Å². The summed E-state index contributed by atoms with van der Waals surface area (Å²) in [7, 11) is -3.78. The Morgan fingerprint density at radius 3 is 2.44 bits per heavy atom. The Hall–Kier alpha value is -5.28. The summed E-state index contributed by atoms with van der Waals surface area (Å²) in [6.45, 7) is 1.75. The summed E-state index contributed by atoms with van der Waals surface area (Å²) in [5, 5.41) is 9.35. The van der Waals surface area contributed by atoms with Gasteiger partial charge < -0.3 is 25.4 Å². The van der Waals surface area contributed by atoms with E-state index in [2.05, 4.69) is 4.72 Å². The fourth-order valence-electron chi connectivity index (χ4n) is 5.04. The Balaban J connectivity index is 1.65. The second-order valence-corrected chi connectivity index (χ2v) is 12.9. The van der Waals surface area contributed by atoms with Crippen LogP contribution in [-0.2, 0) is 31.0 Å². The molecule has 3 amide bonds. The minimum atomic E-state index is -3.78. The smallest absolute Gasteiger partial charge is 0.335 e. The molecule has 15 heteroatoms. The molecule has 1 heterocycles. The number of aromatic carboxylic acids is 1. The minimum Gasteiger partial charge on any atom is -0.487 e. The van der Waals surface area contributed by atoms with E-state index in [9.17, 15) is 32.7 Å². The minimum absolute atomic E-state index is 0.0584. The molecule has 0 aromatic heterocycles. The van der Waals surface area contributed by atoms with Crippen LogP contribution in [0, 0.1) is 5.82 Å². The highest BCUT2D eigenvalue weighted by Gasteiger charge is 2.28. The van der Waals surface area contributed by atoms with Crippen molar-refractivity contribution in [2.24, 2.45) is 5.73 Å². The number of nitrogens with one attached hydrogen (secondary N) is 1. The average Bonchev–Trinajstić information content (AvgIpc) is 3.24. The zero-order chi connectivity index (χ0) is 35.0. The lowest BCUT2D eigenvalue weighted by Crippen LogP contribution is -2.47. The highest BCUT2D eigenvalue weighted by atomic mass is 32.2. The Morgan fingerprint density at radius 2 is 1.73 bits per heavy atom. The van der Waals surface area contributed by atoms with Gasteiger partial charge in [0.15, 0.2) is 5.82 Å². The van der Waals surface area contributed by atoms with E-state index in [0.717, 1.165) is 23.3 Å². The molecule has 1 fully saturated rings. The molecule has 4 rings (SSSR count). The number of para-hydroxylation sites is 2. The van der Waals surface area contributed by atoms with Crippen LogP contribution in [0.15, 0.2) is 72.8 Å². The van der Waals surface area contributed by atoms with E-state index in [1.54, 1.807) is 41.3 Å². The lowest BCUT2D eigenvalue weighted by Gasteiger charge is -2.28. The second kappa shape index (κ2) is 15.5. The van der Waals surface area contributed by atoms with E-state index < -0.39 is 46.2 Å². The Kier molecular flexibility index (Phi) is 11.5. The number of ether oxygens (including phenoxy) is 1. The van der Waals surface area contributed by atoms with E-state index in [0.29, 0.717) is 5.56 Å². The molecule has 13 nitrogen and oxygen atoms in total. The maximum absolute atomic E-state index is 15.1. The van der Waals surface area contributed by atoms with Crippen molar-refractivity contribution in [1.82, 2.24) is 9.80 Å². The summed E-state index contributed by atoms with van der Waals surface area (Å²) >= 11 is 0. The summed E-state index contributed by atoms with van der Waals surface area (Å²) in [5.41, 5.74) is 6.63. The van der Waals surface area contributed by atoms with Gasteiger partial charge in [0, 0.05) is 50.8 Å². The standard InChI is InChI=1S/C33H36FN5O8S/c1-22(40)37-15-16-38(19-26(35)18-37)31(42)20-39(30(41)14-13-24-8-6-10-27(32(24)34)36-48(2,45)46)28-11-3-4-12-29(28)47-21-23-7-5-9-25(17-23)33(43)44/h3-14,17,26,36H,15-16,18-21,35H2,1-2H3,(H,43,44)/b14-13-. The van der Waals surface area contributed by atoms with Crippen molar-refractivity contribution in [3.05, 3.63) is 95.3 Å². The van der Waals surface area contributed by atoms with E-state index in [-0.39, 0.29) is 66.9 Å². The van der Waals surface area contributed by atoms with Gasteiger partial charge in [-0.1, -0.05) is 36.4 Å². The molecule has 254 valence electrons. The van der Waals surface area contributed by atoms with Crippen molar-refractivity contribution < 1.29 is 41.8 Å². The second-order valence-electron chi connectivity index (χ2n) is 11.2. The van der Waals surface area contributed by atoms with Crippen LogP contribution in [-0.4, -0.2) is 92.0 Å². The zero-order valence-electron chi connectivity index (χ0n) is 26.3. The number of sulfonamides is 1. The lowest BCUT2D eigenvalue weighted by atomic mass is 10.1. The zero-order valence-corrected chi connectivity index (χ0v) is 27.2. The number of carboxylic acid groups (broad SMARTS) is 1. The number of hydrogen-bond acceptors (Lipinski definition) is 8. The van der Waals surface area contributed by atoms with Crippen molar-refractivity contribution in [3.63, 3.8) is 0 Å². The Morgan fingerprint density at radius 1 is 1.04 bits per heavy atom. The molecule has 4 N–H and O–H groups in total. The van der Waals surface area contributed by atoms with Crippen LogP contribution in [0.2, 0.25) is 0 Å². The van der Waals surface area contributed by atoms with Gasteiger partial charge in [-0.05, 0) is 42.0 Å². The third-order valence-electron chi connectivity index (χ3n) is 7.36. The number of carbonyl (C=O) groups excluding carboxylic acids is 3. The molecule has 0 bridgehead atoms. The molecule has 3 aromatic rings. The number of carboxylic acids is 1. The number of anilines is 2. The van der Waals surface area contributed by atoms with Crippen LogP contribution in [0.25, 0.3) is 6.08 Å². The van der Waals surface area contributed by atoms with Gasteiger partial charge in [-0.25, -0.2) is 17.6 Å². The summed E-state index contributed by atoms with van der Waals surface area (Å²) in [6.07, 6.45) is 3.09. The number of amides is 3. The fraction of sp³-hybridized carbons (Fsp3) is 0.273. The van der Waals surface area contributed by atoms with Crippen molar-refractivity contribution in [2.45, 2.75) is 19.6 Å². The summed E-state index contributed by atoms with van der Waals surface area (Å²) in [4.78, 5) is 55.1. The number of nitrogens with zero attached hydrogens (tertiary/aromatic N) is 3. The molecular weight excluding hydrogens is 645 g/mol. The maximum Gasteiger partial charge on any atom is 0.335 e. The van der Waals surface area contributed by atoms with Crippen LogP contribution in [0.3, 0.4) is 0 Å². The number of halogens is 1. The van der Waals surface area contributed by atoms with E-state index >= 15 is 4.39 Å². The SMILES string of the molecule is CC(=O)N1CCN(C(=O)CN(C(=O)/C=C\c2cccc(NS(C)(=O)=O)c2F)c2ccccc2OCc2cccc(C(=O)O)c2)CC(N)C1. The van der Waals surface area contributed by atoms with Crippen LogP contribution in [0.4, 0.5) is 15.8 Å². The monoisotopic (exact) mass is 681 g/mol. The molecule has 0 spiro atoms. The first-order valence-electron chi connectivity index (χ1n) is 14.8. The molecule has 0 aliphatic carbocycles. The van der Waals surface area contributed by atoms with Crippen molar-refractivity contribution >= 4 is 51.2 Å². The number of rotatable bonds is 11. The highest BCUT2D eigenvalue weighted by Crippen LogP contribution is 2.30. The van der Waals surface area contributed by atoms with Gasteiger partial charge in [0.25, 0.3) is 5.91 Å². The molecular formula is C33H36FN5O8S. The average molecular weight is 682 g/mol. The Bertz CT molecular complexity index is 1830. The number of hydrogen-bond donors (Lipinski definition) is 3. The molecule has 1 saturated heterocycles. The van der Waals surface area contributed by atoms with Crippen LogP contribution < -0.4 is 20.1 Å². The van der Waals surface area contributed by atoms with Crippen LogP contribution in [0.1, 0.15) is 28.4 Å². The summed E-state index contributed by atoms with van der Waals surface area (Å²) in [5.74, 6) is -3.17. The first-order valence-corrected chi connectivity index (χ1v) is 16.7. The molecule has 3 aromatic carbocycles. The molecule has 1 atom stereocenters. The lowest BCUT2D eigenvalue weighted by molar-refractivity contribution is -0.132. The van der Waals surface area contributed by atoms with Gasteiger partial charge in [0.2, 0.25) is 21.8 Å². The first-order chi connectivity index (χ1) is 22.7. The molecule has 0 saturated carbocycles. The van der Waals surface area contributed by atoms with Crippen molar-refractivity contribution in [1.29, 1.82) is 0 Å². The fourth-order valence-corrected chi connectivity index (χ4v) is 5.60. The highest BCUT2D eigenvalue weighted by molar-refractivity contribution is 7.92. The van der Waals surface area contributed by atoms with Gasteiger partial charge in [-0.15, -0.1) is 0 Å². The van der Waals surface area contributed by atoms with Gasteiger partial charge in [-0.3, -0.25) is 24.0 Å². The quantitative estimate of drug-likeness (QED) is 0.257. The predicted octanol–water partition coefficient (Wildman–Crippen LogP) is 2.54. The summed E-state index contributed by atoms with van der Waals surface area (Å²) < 4.78 is 46.6. The molecule has 1 aliphatic rings. The van der Waals surface area contributed by atoms with E-state index in [1.165, 1.54) is 42.2 Å². The third kappa shape index (κ3) is 9.62. The van der Waals surface area contributed by atoms with E-state index in [4.69, 9.17) is 10.5 Å².